The van der Waals surface area contributed by atoms with E-state index in [9.17, 15) is 5.21 Å². The highest BCUT2D eigenvalue weighted by Crippen LogP contribution is 2.21. The van der Waals surface area contributed by atoms with Gasteiger partial charge in [0.15, 0.2) is 5.84 Å². The molecule has 0 saturated heterocycles. The van der Waals surface area contributed by atoms with Crippen molar-refractivity contribution >= 4 is 21.8 Å². The zero-order valence-electron chi connectivity index (χ0n) is 9.69. The molecule has 1 aliphatic carbocycles. The molecule has 0 aromatic heterocycles. The second-order valence-corrected chi connectivity index (χ2v) is 5.31. The molecule has 0 spiro atoms. The quantitative estimate of drug-likeness (QED) is 0.498. The fraction of sp³-hybridized carbons (Fsp3) is 0.462. The largest absolute Gasteiger partial charge is 0.290 e. The Bertz CT molecular complexity index is 400. The number of nitrogens with one attached hydrogen (secondary N) is 1. The van der Waals surface area contributed by atoms with E-state index >= 15 is 0 Å². The second-order valence-electron chi connectivity index (χ2n) is 4.39. The molecule has 0 amide bonds. The lowest BCUT2D eigenvalue weighted by atomic mass is 9.96. The standard InChI is InChI=1S/C13H17BrN2O/c14-11-6-4-5-10(9-11)13(16-17)15-12-7-2-1-3-8-12/h4-6,9,12,17H,1-3,7-8H2,(H,15,16). The van der Waals surface area contributed by atoms with Gasteiger partial charge in [0.25, 0.3) is 0 Å². The fourth-order valence-electron chi connectivity index (χ4n) is 2.20. The molecule has 0 radical (unpaired) electrons. The predicted octanol–water partition coefficient (Wildman–Crippen LogP) is 3.51. The van der Waals surface area contributed by atoms with E-state index in [0.717, 1.165) is 22.9 Å². The molecule has 1 fully saturated rings. The number of rotatable bonds is 2. The van der Waals surface area contributed by atoms with Crippen LogP contribution in [0.25, 0.3) is 0 Å². The molecule has 0 unspecified atom stereocenters. The molecule has 1 aromatic carbocycles. The molecule has 1 aliphatic rings. The Kier molecular flexibility index (Phi) is 4.57. The van der Waals surface area contributed by atoms with Crippen LogP contribution in [-0.4, -0.2) is 17.1 Å². The van der Waals surface area contributed by atoms with Crippen LogP contribution in [0.5, 0.6) is 0 Å². The Morgan fingerprint density at radius 2 is 2.06 bits per heavy atom. The highest BCUT2D eigenvalue weighted by Gasteiger charge is 2.13. The first-order chi connectivity index (χ1) is 8.29. The fourth-order valence-corrected chi connectivity index (χ4v) is 2.60. The molecule has 0 heterocycles. The van der Waals surface area contributed by atoms with E-state index in [1.807, 2.05) is 24.3 Å². The van der Waals surface area contributed by atoms with Crippen molar-refractivity contribution in [2.45, 2.75) is 38.1 Å². The summed E-state index contributed by atoms with van der Waals surface area (Å²) in [5.41, 5.74) is 3.13. The number of hydrogen-bond donors (Lipinski definition) is 2. The van der Waals surface area contributed by atoms with Gasteiger partial charge in [0.1, 0.15) is 0 Å². The number of hydroxylamine groups is 1. The number of aliphatic imine (C=N–C) groups is 1. The van der Waals surface area contributed by atoms with E-state index in [0.29, 0.717) is 11.9 Å². The highest BCUT2D eigenvalue weighted by atomic mass is 79.9. The number of nitrogens with zero attached hydrogens (tertiary/aromatic N) is 1. The van der Waals surface area contributed by atoms with Crippen molar-refractivity contribution in [2.24, 2.45) is 4.99 Å². The van der Waals surface area contributed by atoms with Gasteiger partial charge in [-0.2, -0.15) is 0 Å². The van der Waals surface area contributed by atoms with E-state index < -0.39 is 0 Å². The van der Waals surface area contributed by atoms with Gasteiger partial charge in [-0.25, -0.2) is 0 Å². The van der Waals surface area contributed by atoms with Crippen LogP contribution in [0, 0.1) is 0 Å². The van der Waals surface area contributed by atoms with Gasteiger partial charge in [0.05, 0.1) is 6.04 Å². The van der Waals surface area contributed by atoms with Crippen molar-refractivity contribution in [1.29, 1.82) is 0 Å². The lowest BCUT2D eigenvalue weighted by Gasteiger charge is -2.19. The molecule has 92 valence electrons. The third-order valence-electron chi connectivity index (χ3n) is 3.09. The molecular formula is C13H17BrN2O. The summed E-state index contributed by atoms with van der Waals surface area (Å²) in [4.78, 5) is 4.60. The van der Waals surface area contributed by atoms with Gasteiger partial charge >= 0.3 is 0 Å². The lowest BCUT2D eigenvalue weighted by Crippen LogP contribution is -2.24. The van der Waals surface area contributed by atoms with Crippen molar-refractivity contribution in [3.8, 4) is 0 Å². The van der Waals surface area contributed by atoms with Gasteiger partial charge < -0.3 is 0 Å². The molecule has 4 heteroatoms. The zero-order chi connectivity index (χ0) is 12.1. The Hall–Kier alpha value is -0.870. The predicted molar refractivity (Wildman–Crippen MR) is 72.5 cm³/mol. The molecule has 2 rings (SSSR count). The first kappa shape index (κ1) is 12.6. The normalized spacial score (nSPS) is 18.1. The van der Waals surface area contributed by atoms with Gasteiger partial charge in [-0.05, 0) is 25.0 Å². The van der Waals surface area contributed by atoms with Crippen LogP contribution in [0.15, 0.2) is 33.7 Å². The van der Waals surface area contributed by atoms with E-state index in [2.05, 4.69) is 26.4 Å². The summed E-state index contributed by atoms with van der Waals surface area (Å²) in [6, 6.07) is 8.13. The molecule has 0 bridgehead atoms. The maximum atomic E-state index is 9.20. The second kappa shape index (κ2) is 6.17. The topological polar surface area (TPSA) is 44.6 Å². The molecule has 0 aliphatic heterocycles. The van der Waals surface area contributed by atoms with Crippen molar-refractivity contribution in [3.05, 3.63) is 34.3 Å². The van der Waals surface area contributed by atoms with E-state index in [1.54, 1.807) is 0 Å². The molecule has 1 aromatic rings. The first-order valence-corrected chi connectivity index (χ1v) is 6.83. The van der Waals surface area contributed by atoms with Crippen molar-refractivity contribution in [1.82, 2.24) is 5.48 Å². The number of amidine groups is 1. The van der Waals surface area contributed by atoms with Crippen LogP contribution in [0.3, 0.4) is 0 Å². The van der Waals surface area contributed by atoms with Crippen LogP contribution in [0.1, 0.15) is 37.7 Å². The SMILES string of the molecule is ONC(=NC1CCCCC1)c1cccc(Br)c1. The minimum Gasteiger partial charge on any atom is -0.290 e. The monoisotopic (exact) mass is 296 g/mol. The van der Waals surface area contributed by atoms with Crippen LogP contribution in [0.2, 0.25) is 0 Å². The summed E-state index contributed by atoms with van der Waals surface area (Å²) in [5, 5.41) is 9.20. The van der Waals surface area contributed by atoms with E-state index in [4.69, 9.17) is 0 Å². The third-order valence-corrected chi connectivity index (χ3v) is 3.58. The highest BCUT2D eigenvalue weighted by molar-refractivity contribution is 9.10. The van der Waals surface area contributed by atoms with Gasteiger partial charge in [-0.1, -0.05) is 47.3 Å². The van der Waals surface area contributed by atoms with Gasteiger partial charge in [-0.3, -0.25) is 15.7 Å². The molecule has 3 nitrogen and oxygen atoms in total. The van der Waals surface area contributed by atoms with Crippen LogP contribution >= 0.6 is 15.9 Å². The zero-order valence-corrected chi connectivity index (χ0v) is 11.3. The van der Waals surface area contributed by atoms with Crippen LogP contribution in [-0.2, 0) is 0 Å². The maximum Gasteiger partial charge on any atom is 0.152 e. The van der Waals surface area contributed by atoms with Gasteiger partial charge in [0, 0.05) is 10.0 Å². The van der Waals surface area contributed by atoms with Crippen LogP contribution < -0.4 is 5.48 Å². The summed E-state index contributed by atoms with van der Waals surface area (Å²) in [5.74, 6) is 0.568. The van der Waals surface area contributed by atoms with Crippen LogP contribution in [0.4, 0.5) is 0 Å². The lowest BCUT2D eigenvalue weighted by molar-refractivity contribution is 0.233. The maximum absolute atomic E-state index is 9.20. The van der Waals surface area contributed by atoms with E-state index in [-0.39, 0.29) is 0 Å². The van der Waals surface area contributed by atoms with Crippen molar-refractivity contribution < 1.29 is 5.21 Å². The molecule has 0 atom stereocenters. The number of hydrogen-bond acceptors (Lipinski definition) is 2. The first-order valence-electron chi connectivity index (χ1n) is 6.03. The van der Waals surface area contributed by atoms with Gasteiger partial charge in [0.2, 0.25) is 0 Å². The third kappa shape index (κ3) is 3.54. The summed E-state index contributed by atoms with van der Waals surface area (Å²) < 4.78 is 0.988. The van der Waals surface area contributed by atoms with Crippen molar-refractivity contribution in [2.75, 3.05) is 0 Å². The smallest absolute Gasteiger partial charge is 0.152 e. The number of benzene rings is 1. The average Bonchev–Trinajstić information content (AvgIpc) is 2.37. The molecule has 2 N–H and O–H groups in total. The van der Waals surface area contributed by atoms with Crippen molar-refractivity contribution in [3.63, 3.8) is 0 Å². The Labute approximate surface area is 110 Å². The molecular weight excluding hydrogens is 280 g/mol. The summed E-state index contributed by atoms with van der Waals surface area (Å²) >= 11 is 3.42. The Balaban J connectivity index is 2.17. The molecule has 17 heavy (non-hydrogen) atoms. The minimum atomic E-state index is 0.345. The Morgan fingerprint density at radius 3 is 2.71 bits per heavy atom. The van der Waals surface area contributed by atoms with E-state index in [1.165, 1.54) is 19.3 Å². The summed E-state index contributed by atoms with van der Waals surface area (Å²) in [6.07, 6.45) is 6.04. The molecule has 1 saturated carbocycles. The summed E-state index contributed by atoms with van der Waals surface area (Å²) in [6.45, 7) is 0. The summed E-state index contributed by atoms with van der Waals surface area (Å²) in [7, 11) is 0. The van der Waals surface area contributed by atoms with Gasteiger partial charge in [-0.15, -0.1) is 0 Å². The average molecular weight is 297 g/mol. The minimum absolute atomic E-state index is 0.345. The number of halogens is 1. The Morgan fingerprint density at radius 1 is 1.29 bits per heavy atom.